The number of carbonyl (C=O) groups is 1. The van der Waals surface area contributed by atoms with Gasteiger partial charge in [-0.2, -0.15) is 0 Å². The summed E-state index contributed by atoms with van der Waals surface area (Å²) in [7, 11) is -1.55. The van der Waals surface area contributed by atoms with Crippen LogP contribution in [0, 0.1) is 31.0 Å². The van der Waals surface area contributed by atoms with Crippen molar-refractivity contribution in [2.75, 3.05) is 0 Å². The highest BCUT2D eigenvalue weighted by Crippen LogP contribution is 2.31. The molecule has 4 heteroatoms. The summed E-state index contributed by atoms with van der Waals surface area (Å²) in [5.74, 6) is 0.588. The van der Waals surface area contributed by atoms with Crippen molar-refractivity contribution < 1.29 is 14.8 Å². The van der Waals surface area contributed by atoms with Gasteiger partial charge in [-0.25, -0.2) is 0 Å². The fourth-order valence-electron chi connectivity index (χ4n) is 0.790. The molecule has 51 valence electrons. The minimum absolute atomic E-state index is 0.259. The summed E-state index contributed by atoms with van der Waals surface area (Å²) >= 11 is 0. The van der Waals surface area contributed by atoms with Crippen LogP contribution in [0.4, 0.5) is 0 Å². The van der Waals surface area contributed by atoms with Gasteiger partial charge in [0, 0.05) is 11.7 Å². The Kier molecular flexibility index (Phi) is 2.46. The molecule has 0 aromatic carbocycles. The summed E-state index contributed by atoms with van der Waals surface area (Å²) in [5, 5.41) is 17.2. The zero-order valence-electron chi connectivity index (χ0n) is 5.19. The van der Waals surface area contributed by atoms with Crippen molar-refractivity contribution >= 4 is 13.4 Å². The van der Waals surface area contributed by atoms with Crippen LogP contribution in [0.2, 0.25) is 0 Å². The molecule has 0 spiro atoms. The van der Waals surface area contributed by atoms with Gasteiger partial charge in [0.1, 0.15) is 6.29 Å². The molecular formula is C6H6BO3. The molecule has 0 aromatic rings. The van der Waals surface area contributed by atoms with Gasteiger partial charge in [-0.05, 0) is 19.3 Å². The Labute approximate surface area is 60.2 Å². The molecular weight excluding hydrogens is 131 g/mol. The van der Waals surface area contributed by atoms with E-state index in [0.717, 1.165) is 0 Å². The van der Waals surface area contributed by atoms with E-state index in [2.05, 4.69) is 0 Å². The molecule has 0 bridgehead atoms. The Hall–Kier alpha value is -0.345. The minimum atomic E-state index is -1.55. The second kappa shape index (κ2) is 3.17. The lowest BCUT2D eigenvalue weighted by Crippen LogP contribution is -2.26. The van der Waals surface area contributed by atoms with Crippen molar-refractivity contribution in [3.05, 3.63) is 31.0 Å². The van der Waals surface area contributed by atoms with Gasteiger partial charge in [0.05, 0.1) is 0 Å². The second-order valence-electron chi connectivity index (χ2n) is 1.93. The van der Waals surface area contributed by atoms with Crippen molar-refractivity contribution in [1.82, 2.24) is 0 Å². The first kappa shape index (κ1) is 7.76. The minimum Gasteiger partial charge on any atom is -0.427 e. The molecule has 2 N–H and O–H groups in total. The van der Waals surface area contributed by atoms with Gasteiger partial charge in [0.15, 0.2) is 0 Å². The lowest BCUT2D eigenvalue weighted by atomic mass is 9.67. The standard InChI is InChI=1S/C6H6BO3/c8-4-5-2-1-3-6(5)7(9)10/h1-4,9-10H. The van der Waals surface area contributed by atoms with Gasteiger partial charge in [-0.15, -0.1) is 0 Å². The first-order chi connectivity index (χ1) is 4.75. The molecule has 0 aromatic heterocycles. The average molecular weight is 137 g/mol. The molecule has 0 heterocycles. The van der Waals surface area contributed by atoms with Crippen molar-refractivity contribution in [3.63, 3.8) is 0 Å². The molecule has 1 aliphatic rings. The first-order valence-corrected chi connectivity index (χ1v) is 2.82. The number of hydrogen-bond acceptors (Lipinski definition) is 3. The lowest BCUT2D eigenvalue weighted by molar-refractivity contribution is -0.105. The number of carbonyl (C=O) groups excluding carboxylic acids is 1. The summed E-state index contributed by atoms with van der Waals surface area (Å²) in [5.41, 5.74) is 0. The Morgan fingerprint density at radius 2 is 2.10 bits per heavy atom. The summed E-state index contributed by atoms with van der Waals surface area (Å²) < 4.78 is 0. The van der Waals surface area contributed by atoms with Crippen LogP contribution in [-0.4, -0.2) is 23.5 Å². The quantitative estimate of drug-likeness (QED) is 0.378. The van der Waals surface area contributed by atoms with Crippen molar-refractivity contribution in [1.29, 1.82) is 0 Å². The monoisotopic (exact) mass is 137 g/mol. The van der Waals surface area contributed by atoms with E-state index in [1.54, 1.807) is 6.42 Å². The zero-order chi connectivity index (χ0) is 7.56. The maximum Gasteiger partial charge on any atom is 0.459 e. The molecule has 0 saturated heterocycles. The summed E-state index contributed by atoms with van der Waals surface area (Å²) in [6.45, 7) is 0. The summed E-state index contributed by atoms with van der Waals surface area (Å²) in [6.07, 6.45) is 5.21. The largest absolute Gasteiger partial charge is 0.459 e. The lowest BCUT2D eigenvalue weighted by Gasteiger charge is -2.09. The van der Waals surface area contributed by atoms with E-state index >= 15 is 0 Å². The van der Waals surface area contributed by atoms with E-state index < -0.39 is 7.12 Å². The fourth-order valence-corrected chi connectivity index (χ4v) is 0.790. The Morgan fingerprint density at radius 3 is 2.50 bits per heavy atom. The van der Waals surface area contributed by atoms with Gasteiger partial charge in [0.2, 0.25) is 0 Å². The fraction of sp³-hybridized carbons (Fsp3) is 0. The van der Waals surface area contributed by atoms with Crippen LogP contribution in [0.25, 0.3) is 0 Å². The highest BCUT2D eigenvalue weighted by atomic mass is 16.4. The highest BCUT2D eigenvalue weighted by Gasteiger charge is 2.37. The molecule has 5 radical (unpaired) electrons. The van der Waals surface area contributed by atoms with Crippen molar-refractivity contribution in [3.8, 4) is 0 Å². The normalized spacial score (nSPS) is 21.4. The number of aldehydes is 1. The number of hydrogen-bond donors (Lipinski definition) is 2. The van der Waals surface area contributed by atoms with Gasteiger partial charge in [-0.1, -0.05) is 0 Å². The third-order valence-electron chi connectivity index (χ3n) is 1.29. The molecule has 3 nitrogen and oxygen atoms in total. The van der Waals surface area contributed by atoms with E-state index in [0.29, 0.717) is 12.2 Å². The molecule has 1 fully saturated rings. The van der Waals surface area contributed by atoms with Crippen LogP contribution in [0.3, 0.4) is 0 Å². The molecule has 1 saturated carbocycles. The van der Waals surface area contributed by atoms with Gasteiger partial charge in [0.25, 0.3) is 0 Å². The van der Waals surface area contributed by atoms with Crippen molar-refractivity contribution in [2.45, 2.75) is 0 Å². The predicted molar refractivity (Wildman–Crippen MR) is 35.6 cm³/mol. The zero-order valence-corrected chi connectivity index (χ0v) is 5.19. The Balaban J connectivity index is 2.49. The van der Waals surface area contributed by atoms with Crippen LogP contribution in [0.1, 0.15) is 0 Å². The molecule has 10 heavy (non-hydrogen) atoms. The third kappa shape index (κ3) is 1.38. The first-order valence-electron chi connectivity index (χ1n) is 2.82. The summed E-state index contributed by atoms with van der Waals surface area (Å²) in [4.78, 5) is 10.2. The van der Waals surface area contributed by atoms with Crippen LogP contribution in [0.5, 0.6) is 0 Å². The van der Waals surface area contributed by atoms with Crippen LogP contribution < -0.4 is 0 Å². The van der Waals surface area contributed by atoms with Crippen LogP contribution in [-0.2, 0) is 4.79 Å². The molecule has 0 atom stereocenters. The SMILES string of the molecule is O=C[C]1[CH][CH][CH][C]1B(O)O. The maximum atomic E-state index is 10.2. The van der Waals surface area contributed by atoms with E-state index in [1.807, 2.05) is 0 Å². The second-order valence-corrected chi connectivity index (χ2v) is 1.93. The van der Waals surface area contributed by atoms with Crippen molar-refractivity contribution in [2.24, 2.45) is 0 Å². The van der Waals surface area contributed by atoms with Crippen LogP contribution in [0.15, 0.2) is 0 Å². The third-order valence-corrected chi connectivity index (χ3v) is 1.29. The molecule has 0 unspecified atom stereocenters. The van der Waals surface area contributed by atoms with Gasteiger partial charge >= 0.3 is 7.12 Å². The molecule has 0 amide bonds. The van der Waals surface area contributed by atoms with E-state index in [1.165, 1.54) is 12.8 Å². The van der Waals surface area contributed by atoms with E-state index in [-0.39, 0.29) is 5.82 Å². The smallest absolute Gasteiger partial charge is 0.427 e. The Bertz CT molecular complexity index is 126. The molecule has 1 aliphatic carbocycles. The summed E-state index contributed by atoms with van der Waals surface area (Å²) in [6, 6.07) is 0. The molecule has 1 rings (SSSR count). The van der Waals surface area contributed by atoms with E-state index in [9.17, 15) is 4.79 Å². The average Bonchev–Trinajstić information content (AvgIpc) is 2.33. The topological polar surface area (TPSA) is 57.5 Å². The Morgan fingerprint density at radius 1 is 1.40 bits per heavy atom. The number of rotatable bonds is 2. The van der Waals surface area contributed by atoms with Gasteiger partial charge < -0.3 is 14.8 Å². The van der Waals surface area contributed by atoms with E-state index in [4.69, 9.17) is 10.0 Å². The highest BCUT2D eigenvalue weighted by molar-refractivity contribution is 6.52. The maximum absolute atomic E-state index is 10.2. The predicted octanol–water partition coefficient (Wildman–Crippen LogP) is -1.03. The van der Waals surface area contributed by atoms with Gasteiger partial charge in [-0.3, -0.25) is 0 Å². The molecule has 0 aliphatic heterocycles. The van der Waals surface area contributed by atoms with Crippen LogP contribution >= 0.6 is 0 Å².